The summed E-state index contributed by atoms with van der Waals surface area (Å²) in [5, 5.41) is 5.77. The average molecular weight is 513 g/mol. The number of ether oxygens (including phenoxy) is 1. The number of benzene rings is 3. The molecule has 0 aliphatic rings. The number of aromatic nitrogens is 2. The lowest BCUT2D eigenvalue weighted by Gasteiger charge is -2.06. The van der Waals surface area contributed by atoms with Gasteiger partial charge in [-0.15, -0.1) is 0 Å². The first-order valence-electron chi connectivity index (χ1n) is 10.1. The van der Waals surface area contributed by atoms with Crippen molar-refractivity contribution in [3.8, 4) is 5.75 Å². The molecule has 0 saturated heterocycles. The van der Waals surface area contributed by atoms with Gasteiger partial charge < -0.3 is 14.5 Å². The number of thiazole rings is 1. The normalized spacial score (nSPS) is 11.0. The first-order chi connectivity index (χ1) is 16.8. The smallest absolute Gasteiger partial charge is 0.410 e. The summed E-state index contributed by atoms with van der Waals surface area (Å²) in [7, 11) is 0. The van der Waals surface area contributed by atoms with E-state index < -0.39 is 23.6 Å². The summed E-state index contributed by atoms with van der Waals surface area (Å²) >= 11 is 6.91. The Labute approximate surface area is 204 Å². The fourth-order valence-electron chi connectivity index (χ4n) is 3.30. The van der Waals surface area contributed by atoms with E-state index in [0.29, 0.717) is 32.1 Å². The topological polar surface area (TPSA) is 126 Å². The Morgan fingerprint density at radius 3 is 2.80 bits per heavy atom. The highest BCUT2D eigenvalue weighted by atomic mass is 35.5. The summed E-state index contributed by atoms with van der Waals surface area (Å²) < 4.78 is 24.9. The molecule has 0 radical (unpaired) electrons. The molecule has 2 heterocycles. The molecule has 0 bridgehead atoms. The first kappa shape index (κ1) is 22.6. The Balaban J connectivity index is 1.24. The molecular weight excluding hydrogens is 499 g/mol. The number of H-pyrrole nitrogens is 1. The van der Waals surface area contributed by atoms with Gasteiger partial charge in [-0.2, -0.15) is 0 Å². The largest absolute Gasteiger partial charge is 0.417 e. The monoisotopic (exact) mass is 512 g/mol. The highest BCUT2D eigenvalue weighted by molar-refractivity contribution is 7.22. The van der Waals surface area contributed by atoms with E-state index in [1.165, 1.54) is 29.5 Å². The zero-order chi connectivity index (χ0) is 24.5. The second kappa shape index (κ2) is 9.20. The molecule has 0 spiro atoms. The van der Waals surface area contributed by atoms with E-state index in [-0.39, 0.29) is 22.8 Å². The Morgan fingerprint density at radius 1 is 1.11 bits per heavy atom. The van der Waals surface area contributed by atoms with Crippen LogP contribution in [0.2, 0.25) is 5.02 Å². The minimum atomic E-state index is -0.746. The lowest BCUT2D eigenvalue weighted by Crippen LogP contribution is -2.16. The van der Waals surface area contributed by atoms with Crippen LogP contribution in [0.5, 0.6) is 5.75 Å². The van der Waals surface area contributed by atoms with Gasteiger partial charge in [0.1, 0.15) is 11.6 Å². The predicted molar refractivity (Wildman–Crippen MR) is 130 cm³/mol. The quantitative estimate of drug-likeness (QED) is 0.293. The number of fused-ring (bicyclic) bond motifs is 2. The maximum Gasteiger partial charge on any atom is 0.417 e. The van der Waals surface area contributed by atoms with Crippen molar-refractivity contribution in [2.24, 2.45) is 0 Å². The van der Waals surface area contributed by atoms with Gasteiger partial charge in [-0.25, -0.2) is 19.0 Å². The summed E-state index contributed by atoms with van der Waals surface area (Å²) in [6, 6.07) is 13.6. The van der Waals surface area contributed by atoms with Gasteiger partial charge in [0.15, 0.2) is 10.7 Å². The molecule has 0 aliphatic heterocycles. The van der Waals surface area contributed by atoms with Crippen molar-refractivity contribution in [3.63, 3.8) is 0 Å². The molecular formula is C23H14ClFN4O5S. The van der Waals surface area contributed by atoms with Crippen molar-refractivity contribution < 1.29 is 23.1 Å². The number of oxazole rings is 1. The third-order valence-corrected chi connectivity index (χ3v) is 6.02. The van der Waals surface area contributed by atoms with Gasteiger partial charge in [0.2, 0.25) is 5.91 Å². The predicted octanol–water partition coefficient (Wildman–Crippen LogP) is 5.32. The number of amides is 2. The molecule has 3 aromatic carbocycles. The van der Waals surface area contributed by atoms with Crippen LogP contribution in [0.1, 0.15) is 5.56 Å². The molecule has 2 amide bonds. The lowest BCUT2D eigenvalue weighted by atomic mass is 10.1. The molecule has 35 heavy (non-hydrogen) atoms. The molecule has 12 heteroatoms. The third-order valence-electron chi connectivity index (χ3n) is 4.85. The third kappa shape index (κ3) is 5.15. The number of nitrogens with zero attached hydrogens (tertiary/aromatic N) is 1. The summed E-state index contributed by atoms with van der Waals surface area (Å²) in [4.78, 5) is 42.7. The molecule has 0 unspecified atom stereocenters. The van der Waals surface area contributed by atoms with Gasteiger partial charge in [-0.3, -0.25) is 15.1 Å². The van der Waals surface area contributed by atoms with Crippen molar-refractivity contribution in [2.75, 3.05) is 10.6 Å². The second-order valence-electron chi connectivity index (χ2n) is 7.35. The lowest BCUT2D eigenvalue weighted by molar-refractivity contribution is -0.115. The van der Waals surface area contributed by atoms with Crippen molar-refractivity contribution in [1.82, 2.24) is 9.97 Å². The van der Waals surface area contributed by atoms with Crippen molar-refractivity contribution in [2.45, 2.75) is 6.42 Å². The SMILES string of the molecule is O=C(Cc1ccc(Cl)cc1F)Nc1nc2ccc(OC(=O)Nc3ccc4[nH]c(=O)oc4c3)cc2s1. The van der Waals surface area contributed by atoms with Crippen LogP contribution in [0.15, 0.2) is 63.8 Å². The Kier molecular flexibility index (Phi) is 5.93. The van der Waals surface area contributed by atoms with Crippen molar-refractivity contribution >= 4 is 67.1 Å². The summed E-state index contributed by atoms with van der Waals surface area (Å²) in [6.07, 6.45) is -0.921. The van der Waals surface area contributed by atoms with Crippen LogP contribution in [-0.4, -0.2) is 22.0 Å². The van der Waals surface area contributed by atoms with E-state index in [4.69, 9.17) is 20.8 Å². The molecule has 5 rings (SSSR count). The van der Waals surface area contributed by atoms with E-state index in [9.17, 15) is 18.8 Å². The Hall–Kier alpha value is -4.22. The minimum absolute atomic E-state index is 0.175. The summed E-state index contributed by atoms with van der Waals surface area (Å²) in [5.41, 5.74) is 1.99. The number of hydrogen-bond acceptors (Lipinski definition) is 7. The van der Waals surface area contributed by atoms with Crippen LogP contribution in [-0.2, 0) is 11.2 Å². The standard InChI is InChI=1S/C23H14ClFN4O5S/c24-12-2-1-11(15(25)8-12)7-20(30)29-21-27-17-6-4-14(10-19(17)35-21)33-22(31)26-13-3-5-16-18(9-13)34-23(32)28-16/h1-6,8-10H,7H2,(H,26,31)(H,28,32)(H,27,29,30). The zero-order valence-electron chi connectivity index (χ0n) is 17.6. The number of rotatable bonds is 5. The fraction of sp³-hybridized carbons (Fsp3) is 0.0435. The number of carbonyl (C=O) groups excluding carboxylic acids is 2. The van der Waals surface area contributed by atoms with Gasteiger partial charge in [-0.05, 0) is 42.0 Å². The van der Waals surface area contributed by atoms with Crippen LogP contribution in [0.25, 0.3) is 21.3 Å². The molecule has 176 valence electrons. The first-order valence-corrected chi connectivity index (χ1v) is 11.3. The van der Waals surface area contributed by atoms with E-state index in [1.54, 1.807) is 30.3 Å². The number of nitrogens with one attached hydrogen (secondary N) is 3. The van der Waals surface area contributed by atoms with Gasteiger partial charge in [0.05, 0.1) is 22.2 Å². The fourth-order valence-corrected chi connectivity index (χ4v) is 4.37. The molecule has 2 aromatic heterocycles. The average Bonchev–Trinajstić information content (AvgIpc) is 3.36. The van der Waals surface area contributed by atoms with Gasteiger partial charge in [0, 0.05) is 22.8 Å². The van der Waals surface area contributed by atoms with Crippen LogP contribution >= 0.6 is 22.9 Å². The Morgan fingerprint density at radius 2 is 1.97 bits per heavy atom. The number of halogens is 2. The van der Waals surface area contributed by atoms with Gasteiger partial charge in [-0.1, -0.05) is 29.0 Å². The van der Waals surface area contributed by atoms with Gasteiger partial charge >= 0.3 is 11.8 Å². The van der Waals surface area contributed by atoms with Crippen molar-refractivity contribution in [1.29, 1.82) is 0 Å². The highest BCUT2D eigenvalue weighted by Gasteiger charge is 2.13. The van der Waals surface area contributed by atoms with E-state index in [0.717, 1.165) is 6.07 Å². The molecule has 0 saturated carbocycles. The van der Waals surface area contributed by atoms with Crippen LogP contribution < -0.4 is 21.1 Å². The number of anilines is 2. The second-order valence-corrected chi connectivity index (χ2v) is 8.82. The van der Waals surface area contributed by atoms with Crippen LogP contribution in [0.3, 0.4) is 0 Å². The van der Waals surface area contributed by atoms with E-state index >= 15 is 0 Å². The summed E-state index contributed by atoms with van der Waals surface area (Å²) in [6.45, 7) is 0. The maximum atomic E-state index is 13.9. The van der Waals surface area contributed by atoms with Crippen molar-refractivity contribution in [3.05, 3.63) is 81.6 Å². The van der Waals surface area contributed by atoms with Crippen LogP contribution in [0, 0.1) is 5.82 Å². The maximum absolute atomic E-state index is 13.9. The number of carbonyl (C=O) groups is 2. The summed E-state index contributed by atoms with van der Waals surface area (Å²) in [5.74, 6) is -1.33. The molecule has 3 N–H and O–H groups in total. The molecule has 0 aliphatic carbocycles. The Bertz CT molecular complexity index is 1660. The zero-order valence-corrected chi connectivity index (χ0v) is 19.1. The molecule has 5 aromatic rings. The molecule has 9 nitrogen and oxygen atoms in total. The van der Waals surface area contributed by atoms with Gasteiger partial charge in [0.25, 0.3) is 0 Å². The van der Waals surface area contributed by atoms with E-state index in [2.05, 4.69) is 20.6 Å². The number of aromatic amines is 1. The highest BCUT2D eigenvalue weighted by Crippen LogP contribution is 2.30. The van der Waals surface area contributed by atoms with E-state index in [1.807, 2.05) is 0 Å². The minimum Gasteiger partial charge on any atom is -0.410 e. The number of hydrogen-bond donors (Lipinski definition) is 3. The van der Waals surface area contributed by atoms with Crippen LogP contribution in [0.4, 0.5) is 20.0 Å². The molecule has 0 atom stereocenters. The molecule has 0 fully saturated rings.